The van der Waals surface area contributed by atoms with Crippen molar-refractivity contribution in [2.24, 2.45) is 0 Å². The average molecular weight is 574 g/mol. The largest absolute Gasteiger partial charge is 0.493 e. The Morgan fingerprint density at radius 3 is 2.24 bits per heavy atom. The van der Waals surface area contributed by atoms with Gasteiger partial charge in [-0.25, -0.2) is 4.79 Å². The number of ether oxygens (including phenoxy) is 4. The summed E-state index contributed by atoms with van der Waals surface area (Å²) in [5.41, 5.74) is 2.11. The Morgan fingerprint density at radius 1 is 0.976 bits per heavy atom. The number of dihydropyridines is 1. The van der Waals surface area contributed by atoms with Crippen LogP contribution >= 0.6 is 0 Å². The standard InChI is InChI=1S/C31H34F3NO6/c1-17(2)40-12-13-41-30(37)27-18(3)35-23-14-21(20-8-11-25(38-4)26(16-20)39-5)15-24(36)29(23)28(27)19-6-9-22(10-7-19)31(32,33)34/h6-11,16-17,21,28,35H,12-15H2,1-5H3/t21-,28-/m0/s1. The molecular formula is C31H34F3NO6. The molecule has 41 heavy (non-hydrogen) atoms. The van der Waals surface area contributed by atoms with E-state index in [1.807, 2.05) is 26.0 Å². The fourth-order valence-corrected chi connectivity index (χ4v) is 5.35. The molecule has 1 heterocycles. The predicted octanol–water partition coefficient (Wildman–Crippen LogP) is 6.05. The van der Waals surface area contributed by atoms with Gasteiger partial charge in [-0.1, -0.05) is 18.2 Å². The molecule has 0 aromatic heterocycles. The number of allylic oxidation sites excluding steroid dienone is 3. The molecule has 0 radical (unpaired) electrons. The summed E-state index contributed by atoms with van der Waals surface area (Å²) in [5.74, 6) is -0.823. The van der Waals surface area contributed by atoms with Gasteiger partial charge in [-0.05, 0) is 68.5 Å². The lowest BCUT2D eigenvalue weighted by Gasteiger charge is -2.37. The Hall–Kier alpha value is -3.79. The normalized spacial score (nSPS) is 19.2. The van der Waals surface area contributed by atoms with E-state index >= 15 is 0 Å². The summed E-state index contributed by atoms with van der Waals surface area (Å²) in [5, 5.41) is 3.24. The number of rotatable bonds is 9. The van der Waals surface area contributed by atoms with Gasteiger partial charge in [-0.15, -0.1) is 0 Å². The Bertz CT molecular complexity index is 1360. The van der Waals surface area contributed by atoms with Gasteiger partial charge in [-0.2, -0.15) is 13.2 Å². The lowest BCUT2D eigenvalue weighted by Crippen LogP contribution is -2.36. The van der Waals surface area contributed by atoms with Gasteiger partial charge in [0.05, 0.1) is 38.1 Å². The maximum Gasteiger partial charge on any atom is 0.416 e. The summed E-state index contributed by atoms with van der Waals surface area (Å²) in [6.07, 6.45) is -3.96. The summed E-state index contributed by atoms with van der Waals surface area (Å²) in [6.45, 7) is 5.60. The molecule has 10 heteroatoms. The molecule has 0 saturated heterocycles. The molecule has 0 saturated carbocycles. The summed E-state index contributed by atoms with van der Waals surface area (Å²) >= 11 is 0. The Morgan fingerprint density at radius 2 is 1.63 bits per heavy atom. The molecule has 0 amide bonds. The molecule has 2 aromatic carbocycles. The topological polar surface area (TPSA) is 83.1 Å². The lowest BCUT2D eigenvalue weighted by atomic mass is 9.71. The third-order valence-electron chi connectivity index (χ3n) is 7.27. The molecule has 2 aliphatic rings. The minimum Gasteiger partial charge on any atom is -0.493 e. The van der Waals surface area contributed by atoms with Crippen molar-refractivity contribution in [2.45, 2.75) is 57.7 Å². The number of esters is 1. The first-order valence-electron chi connectivity index (χ1n) is 13.4. The van der Waals surface area contributed by atoms with Crippen molar-refractivity contribution in [1.29, 1.82) is 0 Å². The van der Waals surface area contributed by atoms with E-state index in [9.17, 15) is 22.8 Å². The summed E-state index contributed by atoms with van der Waals surface area (Å²) in [6, 6.07) is 10.1. The monoisotopic (exact) mass is 573 g/mol. The van der Waals surface area contributed by atoms with Crippen molar-refractivity contribution in [1.82, 2.24) is 5.32 Å². The van der Waals surface area contributed by atoms with E-state index in [0.717, 1.165) is 17.7 Å². The number of carbonyl (C=O) groups is 2. The average Bonchev–Trinajstić information content (AvgIpc) is 2.93. The molecule has 0 fully saturated rings. The number of nitrogens with one attached hydrogen (secondary N) is 1. The number of benzene rings is 2. The third kappa shape index (κ3) is 6.59. The van der Waals surface area contributed by atoms with Gasteiger partial charge in [0.2, 0.25) is 0 Å². The highest BCUT2D eigenvalue weighted by atomic mass is 19.4. The van der Waals surface area contributed by atoms with Gasteiger partial charge in [0.25, 0.3) is 0 Å². The lowest BCUT2D eigenvalue weighted by molar-refractivity contribution is -0.141. The number of halogens is 3. The van der Waals surface area contributed by atoms with Crippen molar-refractivity contribution >= 4 is 11.8 Å². The van der Waals surface area contributed by atoms with Gasteiger partial charge in [0.15, 0.2) is 17.3 Å². The van der Waals surface area contributed by atoms with Gasteiger partial charge in [-0.3, -0.25) is 4.79 Å². The summed E-state index contributed by atoms with van der Waals surface area (Å²) in [7, 11) is 3.08. The van der Waals surface area contributed by atoms with Crippen LogP contribution in [0.15, 0.2) is 65.0 Å². The molecule has 0 bridgehead atoms. The van der Waals surface area contributed by atoms with Gasteiger partial charge < -0.3 is 24.3 Å². The smallest absolute Gasteiger partial charge is 0.416 e. The molecule has 0 spiro atoms. The Labute approximate surface area is 237 Å². The number of alkyl halides is 3. The van der Waals surface area contributed by atoms with E-state index < -0.39 is 23.6 Å². The molecule has 220 valence electrons. The van der Waals surface area contributed by atoms with Crippen LogP contribution in [0.3, 0.4) is 0 Å². The fraction of sp³-hybridized carbons (Fsp3) is 0.419. The highest BCUT2D eigenvalue weighted by Gasteiger charge is 2.42. The molecular weight excluding hydrogens is 539 g/mol. The SMILES string of the molecule is COc1ccc([C@@H]2CC(=O)C3=C(C2)NC(C)=C(C(=O)OCCOC(C)C)[C@@H]3c2ccc(C(F)(F)F)cc2)cc1OC. The first kappa shape index (κ1) is 30.2. The van der Waals surface area contributed by atoms with Crippen molar-refractivity contribution < 1.29 is 41.7 Å². The van der Waals surface area contributed by atoms with E-state index in [2.05, 4.69) is 5.32 Å². The minimum atomic E-state index is -4.52. The van der Waals surface area contributed by atoms with Gasteiger partial charge in [0.1, 0.15) is 6.61 Å². The summed E-state index contributed by atoms with van der Waals surface area (Å²) in [4.78, 5) is 27.1. The van der Waals surface area contributed by atoms with Crippen LogP contribution in [0.1, 0.15) is 62.1 Å². The fourth-order valence-electron chi connectivity index (χ4n) is 5.35. The van der Waals surface area contributed by atoms with E-state index in [-0.39, 0.29) is 43.0 Å². The maximum atomic E-state index is 13.8. The van der Waals surface area contributed by atoms with Crippen molar-refractivity contribution in [3.63, 3.8) is 0 Å². The van der Waals surface area contributed by atoms with Gasteiger partial charge in [0, 0.05) is 29.3 Å². The van der Waals surface area contributed by atoms with Crippen molar-refractivity contribution in [2.75, 3.05) is 27.4 Å². The van der Waals surface area contributed by atoms with Crippen LogP contribution < -0.4 is 14.8 Å². The number of ketones is 1. The maximum absolute atomic E-state index is 13.8. The number of hydrogen-bond acceptors (Lipinski definition) is 7. The van der Waals surface area contributed by atoms with Crippen molar-refractivity contribution in [3.05, 3.63) is 81.7 Å². The zero-order chi connectivity index (χ0) is 29.9. The Balaban J connectivity index is 1.71. The quantitative estimate of drug-likeness (QED) is 0.289. The highest BCUT2D eigenvalue weighted by Crippen LogP contribution is 2.47. The summed E-state index contributed by atoms with van der Waals surface area (Å²) < 4.78 is 61.6. The van der Waals surface area contributed by atoms with Crippen LogP contribution in [-0.2, 0) is 25.2 Å². The molecule has 1 N–H and O–H groups in total. The van der Waals surface area contributed by atoms with E-state index in [1.165, 1.54) is 19.2 Å². The third-order valence-corrected chi connectivity index (χ3v) is 7.27. The van der Waals surface area contributed by atoms with Crippen molar-refractivity contribution in [3.8, 4) is 11.5 Å². The Kier molecular flexibility index (Phi) is 9.11. The molecule has 7 nitrogen and oxygen atoms in total. The van der Waals surface area contributed by atoms with E-state index in [1.54, 1.807) is 20.1 Å². The van der Waals surface area contributed by atoms with Crippen LogP contribution in [0.5, 0.6) is 11.5 Å². The van der Waals surface area contributed by atoms with Crippen LogP contribution in [0.4, 0.5) is 13.2 Å². The molecule has 0 unspecified atom stereocenters. The first-order valence-corrected chi connectivity index (χ1v) is 13.4. The molecule has 4 rings (SSSR count). The van der Waals surface area contributed by atoms with Crippen LogP contribution in [0, 0.1) is 0 Å². The highest BCUT2D eigenvalue weighted by molar-refractivity contribution is 6.04. The first-order chi connectivity index (χ1) is 19.4. The second-order valence-electron chi connectivity index (χ2n) is 10.3. The minimum absolute atomic E-state index is 0.00521. The number of methoxy groups -OCH3 is 2. The second kappa shape index (κ2) is 12.4. The molecule has 2 atom stereocenters. The second-order valence-corrected chi connectivity index (χ2v) is 10.3. The molecule has 2 aromatic rings. The van der Waals surface area contributed by atoms with Gasteiger partial charge >= 0.3 is 12.1 Å². The van der Waals surface area contributed by atoms with Crippen LogP contribution in [-0.4, -0.2) is 45.3 Å². The van der Waals surface area contributed by atoms with E-state index in [4.69, 9.17) is 18.9 Å². The molecule has 1 aliphatic carbocycles. The van der Waals surface area contributed by atoms with E-state index in [0.29, 0.717) is 40.5 Å². The van der Waals surface area contributed by atoms with Crippen LogP contribution in [0.2, 0.25) is 0 Å². The number of hydrogen-bond donors (Lipinski definition) is 1. The van der Waals surface area contributed by atoms with Crippen LogP contribution in [0.25, 0.3) is 0 Å². The predicted molar refractivity (Wildman–Crippen MR) is 146 cm³/mol. The molecule has 1 aliphatic heterocycles. The number of Topliss-reactive ketones (excluding diaryl/α,β-unsaturated/α-hetero) is 1. The zero-order valence-corrected chi connectivity index (χ0v) is 23.7. The zero-order valence-electron chi connectivity index (χ0n) is 23.7. The number of carbonyl (C=O) groups excluding carboxylic acids is 2.